The molecule has 1 rings (SSSR count). The molecule has 0 spiro atoms. The summed E-state index contributed by atoms with van der Waals surface area (Å²) in [5.74, 6) is -1.10. The van der Waals surface area contributed by atoms with Crippen LogP contribution in [0.25, 0.3) is 0 Å². The lowest BCUT2D eigenvalue weighted by Crippen LogP contribution is -2.38. The molecule has 2 amide bonds. The van der Waals surface area contributed by atoms with Gasteiger partial charge in [0.2, 0.25) is 0 Å². The van der Waals surface area contributed by atoms with Gasteiger partial charge in [-0.2, -0.15) is 5.26 Å². The van der Waals surface area contributed by atoms with E-state index in [0.717, 1.165) is 11.3 Å². The van der Waals surface area contributed by atoms with Crippen molar-refractivity contribution in [3.8, 4) is 6.07 Å². The molecule has 0 saturated carbocycles. The van der Waals surface area contributed by atoms with Crippen molar-refractivity contribution in [2.75, 3.05) is 32.1 Å². The zero-order valence-corrected chi connectivity index (χ0v) is 11.8. The van der Waals surface area contributed by atoms with Gasteiger partial charge in [-0.25, -0.2) is 9.59 Å². The maximum Gasteiger partial charge on any atom is 0.338 e. The van der Waals surface area contributed by atoms with Crippen LogP contribution in [-0.4, -0.2) is 48.8 Å². The Hall–Kier alpha value is -2.11. The Balaban J connectivity index is 2.71. The molecule has 0 fully saturated rings. The number of ether oxygens (including phenoxy) is 1. The second kappa shape index (κ2) is 8.14. The van der Waals surface area contributed by atoms with Gasteiger partial charge in [-0.15, -0.1) is 11.3 Å². The molecule has 2 N–H and O–H groups in total. The molecule has 0 aromatic carbocycles. The molecule has 1 heterocycles. The Labute approximate surface area is 120 Å². The third-order valence-electron chi connectivity index (χ3n) is 2.46. The highest BCUT2D eigenvalue weighted by Gasteiger charge is 2.18. The summed E-state index contributed by atoms with van der Waals surface area (Å²) in [5, 5.41) is 22.0. The Morgan fingerprint density at radius 2 is 2.30 bits per heavy atom. The van der Waals surface area contributed by atoms with Gasteiger partial charge in [-0.05, 0) is 11.4 Å². The highest BCUT2D eigenvalue weighted by Crippen LogP contribution is 2.23. The molecule has 0 saturated heterocycles. The van der Waals surface area contributed by atoms with Gasteiger partial charge in [0, 0.05) is 20.2 Å². The van der Waals surface area contributed by atoms with E-state index in [0.29, 0.717) is 13.2 Å². The summed E-state index contributed by atoms with van der Waals surface area (Å²) in [7, 11) is 1.52. The fourth-order valence-electron chi connectivity index (χ4n) is 1.45. The molecule has 1 aromatic heterocycles. The van der Waals surface area contributed by atoms with Crippen molar-refractivity contribution in [1.29, 1.82) is 5.26 Å². The summed E-state index contributed by atoms with van der Waals surface area (Å²) in [6.07, 6.45) is 0.202. The summed E-state index contributed by atoms with van der Waals surface area (Å²) in [5.41, 5.74) is 0.0512. The van der Waals surface area contributed by atoms with E-state index in [2.05, 4.69) is 5.32 Å². The first kappa shape index (κ1) is 15.9. The quantitative estimate of drug-likeness (QED) is 0.799. The van der Waals surface area contributed by atoms with Crippen LogP contribution >= 0.6 is 11.3 Å². The van der Waals surface area contributed by atoms with Crippen LogP contribution in [0.15, 0.2) is 11.4 Å². The number of rotatable bonds is 7. The number of urea groups is 1. The van der Waals surface area contributed by atoms with Crippen molar-refractivity contribution in [3.63, 3.8) is 0 Å². The molecular formula is C12H15N3O4S. The average Bonchev–Trinajstić information content (AvgIpc) is 2.87. The largest absolute Gasteiger partial charge is 0.478 e. The molecule has 0 unspecified atom stereocenters. The van der Waals surface area contributed by atoms with Crippen LogP contribution in [0.1, 0.15) is 16.8 Å². The third kappa shape index (κ3) is 4.53. The molecule has 0 aliphatic rings. The van der Waals surface area contributed by atoms with Crippen LogP contribution < -0.4 is 5.32 Å². The summed E-state index contributed by atoms with van der Waals surface area (Å²) < 4.78 is 4.90. The number of hydrogen-bond donors (Lipinski definition) is 2. The number of anilines is 1. The summed E-state index contributed by atoms with van der Waals surface area (Å²) in [6, 6.07) is 2.95. The van der Waals surface area contributed by atoms with Gasteiger partial charge in [0.25, 0.3) is 0 Å². The number of amides is 2. The standard InChI is InChI=1S/C12H15N3O4S/c1-19-7-6-15(5-2-4-13)12(18)14-10-9(11(16)17)3-8-20-10/h3,8H,2,5-7H2,1H3,(H,14,18)(H,16,17). The van der Waals surface area contributed by atoms with Crippen molar-refractivity contribution in [1.82, 2.24) is 4.90 Å². The first-order valence-electron chi connectivity index (χ1n) is 5.82. The van der Waals surface area contributed by atoms with E-state index in [1.807, 2.05) is 6.07 Å². The fourth-order valence-corrected chi connectivity index (χ4v) is 2.22. The van der Waals surface area contributed by atoms with E-state index in [1.165, 1.54) is 18.1 Å². The maximum atomic E-state index is 12.1. The minimum absolute atomic E-state index is 0.0512. The zero-order valence-electron chi connectivity index (χ0n) is 11.0. The number of nitrogens with zero attached hydrogens (tertiary/aromatic N) is 2. The van der Waals surface area contributed by atoms with Crippen LogP contribution in [0.4, 0.5) is 9.80 Å². The van der Waals surface area contributed by atoms with E-state index in [4.69, 9.17) is 15.1 Å². The van der Waals surface area contributed by atoms with Gasteiger partial charge in [-0.3, -0.25) is 5.32 Å². The van der Waals surface area contributed by atoms with Crippen molar-refractivity contribution in [3.05, 3.63) is 17.0 Å². The molecule has 20 heavy (non-hydrogen) atoms. The van der Waals surface area contributed by atoms with Gasteiger partial charge < -0.3 is 14.7 Å². The van der Waals surface area contributed by atoms with Gasteiger partial charge in [-0.1, -0.05) is 0 Å². The minimum atomic E-state index is -1.10. The molecule has 0 radical (unpaired) electrons. The number of carboxylic acid groups (broad SMARTS) is 1. The van der Waals surface area contributed by atoms with Crippen LogP contribution in [-0.2, 0) is 4.74 Å². The van der Waals surface area contributed by atoms with E-state index in [9.17, 15) is 9.59 Å². The lowest BCUT2D eigenvalue weighted by molar-refractivity contribution is 0.0698. The number of nitriles is 1. The summed E-state index contributed by atoms with van der Waals surface area (Å²) in [4.78, 5) is 24.4. The van der Waals surface area contributed by atoms with Crippen molar-refractivity contribution in [2.45, 2.75) is 6.42 Å². The topological polar surface area (TPSA) is 103 Å². The van der Waals surface area contributed by atoms with E-state index in [1.54, 1.807) is 5.38 Å². The average molecular weight is 297 g/mol. The normalized spacial score (nSPS) is 9.80. The number of thiophene rings is 1. The second-order valence-corrected chi connectivity index (χ2v) is 4.70. The number of aromatic carboxylic acids is 1. The zero-order chi connectivity index (χ0) is 15.0. The number of carbonyl (C=O) groups is 2. The molecule has 0 aliphatic heterocycles. The number of carboxylic acids is 1. The maximum absolute atomic E-state index is 12.1. The number of nitrogens with one attached hydrogen (secondary N) is 1. The van der Waals surface area contributed by atoms with Crippen LogP contribution in [0.2, 0.25) is 0 Å². The molecule has 0 aliphatic carbocycles. The predicted octanol–water partition coefficient (Wildman–Crippen LogP) is 1.84. The van der Waals surface area contributed by atoms with E-state index < -0.39 is 12.0 Å². The first-order chi connectivity index (χ1) is 9.60. The number of carbonyl (C=O) groups excluding carboxylic acids is 1. The molecule has 108 valence electrons. The molecule has 0 atom stereocenters. The highest BCUT2D eigenvalue weighted by molar-refractivity contribution is 7.14. The third-order valence-corrected chi connectivity index (χ3v) is 3.29. The number of hydrogen-bond acceptors (Lipinski definition) is 5. The van der Waals surface area contributed by atoms with Gasteiger partial charge in [0.05, 0.1) is 24.7 Å². The lowest BCUT2D eigenvalue weighted by Gasteiger charge is -2.21. The van der Waals surface area contributed by atoms with Crippen molar-refractivity contribution in [2.24, 2.45) is 0 Å². The van der Waals surface area contributed by atoms with E-state index in [-0.39, 0.29) is 23.5 Å². The molecule has 0 bridgehead atoms. The van der Waals surface area contributed by atoms with E-state index >= 15 is 0 Å². The molecule has 1 aromatic rings. The van der Waals surface area contributed by atoms with Crippen LogP contribution in [0.5, 0.6) is 0 Å². The Morgan fingerprint density at radius 3 is 2.90 bits per heavy atom. The second-order valence-electron chi connectivity index (χ2n) is 3.79. The van der Waals surface area contributed by atoms with Gasteiger partial charge in [0.15, 0.2) is 0 Å². The minimum Gasteiger partial charge on any atom is -0.478 e. The lowest BCUT2D eigenvalue weighted by atomic mass is 10.3. The Kier molecular flexibility index (Phi) is 6.49. The van der Waals surface area contributed by atoms with Crippen molar-refractivity contribution >= 4 is 28.3 Å². The van der Waals surface area contributed by atoms with Gasteiger partial charge >= 0.3 is 12.0 Å². The molecule has 7 nitrogen and oxygen atoms in total. The smallest absolute Gasteiger partial charge is 0.338 e. The highest BCUT2D eigenvalue weighted by atomic mass is 32.1. The summed E-state index contributed by atoms with van der Waals surface area (Å²) >= 11 is 1.14. The molecule has 8 heteroatoms. The summed E-state index contributed by atoms with van der Waals surface area (Å²) in [6.45, 7) is 0.937. The predicted molar refractivity (Wildman–Crippen MR) is 74.0 cm³/mol. The van der Waals surface area contributed by atoms with Crippen molar-refractivity contribution < 1.29 is 19.4 Å². The van der Waals surface area contributed by atoms with Crippen LogP contribution in [0.3, 0.4) is 0 Å². The van der Waals surface area contributed by atoms with Gasteiger partial charge in [0.1, 0.15) is 5.00 Å². The monoisotopic (exact) mass is 297 g/mol. The Bertz CT molecular complexity index is 509. The fraction of sp³-hybridized carbons (Fsp3) is 0.417. The van der Waals surface area contributed by atoms with Crippen LogP contribution in [0, 0.1) is 11.3 Å². The SMILES string of the molecule is COCCN(CCC#N)C(=O)Nc1sccc1C(=O)O. The first-order valence-corrected chi connectivity index (χ1v) is 6.70. The Morgan fingerprint density at radius 1 is 1.55 bits per heavy atom. The number of methoxy groups -OCH3 is 1. The molecular weight excluding hydrogens is 282 g/mol.